The van der Waals surface area contributed by atoms with Crippen LogP contribution in [0.4, 0.5) is 0 Å². The Morgan fingerprint density at radius 2 is 2.43 bits per heavy atom. The van der Waals surface area contributed by atoms with E-state index < -0.39 is 0 Å². The molecule has 3 rings (SSSR count). The van der Waals surface area contributed by atoms with Crippen LogP contribution in [0.2, 0.25) is 0 Å². The Kier molecular flexibility index (Phi) is 1.30. The van der Waals surface area contributed by atoms with E-state index in [4.69, 9.17) is 0 Å². The summed E-state index contributed by atoms with van der Waals surface area (Å²) in [6, 6.07) is 4.01. The molecule has 0 saturated heterocycles. The maximum absolute atomic E-state index is 4.40. The smallest absolute Gasteiger partial charge is 0.160 e. The van der Waals surface area contributed by atoms with Crippen molar-refractivity contribution in [2.75, 3.05) is 12.5 Å². The molecule has 14 heavy (non-hydrogen) atoms. The lowest BCUT2D eigenvalue weighted by Gasteiger charge is -2.01. The monoisotopic (exact) mass is 187 g/mol. The third-order valence-corrected chi connectivity index (χ3v) is 2.28. The minimum Gasteiger partial charge on any atom is -0.314 e. The van der Waals surface area contributed by atoms with Gasteiger partial charge in [-0.05, 0) is 12.1 Å². The van der Waals surface area contributed by atoms with E-state index in [0.29, 0.717) is 0 Å². The Labute approximate surface area is 79.7 Å². The fourth-order valence-electron chi connectivity index (χ4n) is 1.60. The largest absolute Gasteiger partial charge is 0.314 e. The van der Waals surface area contributed by atoms with E-state index in [1.165, 1.54) is 0 Å². The molecule has 0 aliphatic heterocycles. The summed E-state index contributed by atoms with van der Waals surface area (Å²) in [5.74, 6) is 0. The molecule has 5 heteroatoms. The summed E-state index contributed by atoms with van der Waals surface area (Å²) in [6.07, 6.45) is 3.62. The van der Waals surface area contributed by atoms with Gasteiger partial charge < -0.3 is 5.43 Å². The fraction of sp³-hybridized carbons (Fsp3) is 0.111. The Hall–Kier alpha value is -2.04. The van der Waals surface area contributed by atoms with Gasteiger partial charge in [0.25, 0.3) is 0 Å². The van der Waals surface area contributed by atoms with Gasteiger partial charge in [0.2, 0.25) is 0 Å². The maximum Gasteiger partial charge on any atom is 0.160 e. The predicted molar refractivity (Wildman–Crippen MR) is 54.7 cm³/mol. The SMILES string of the molecule is CNn1[nH]cc2nc3nccc3cc21. The number of aromatic nitrogens is 4. The number of fused-ring (bicyclic) bond motifs is 2. The number of pyridine rings is 1. The molecule has 0 aliphatic rings. The first-order valence-electron chi connectivity index (χ1n) is 4.38. The zero-order valence-corrected chi connectivity index (χ0v) is 7.65. The summed E-state index contributed by atoms with van der Waals surface area (Å²) in [7, 11) is 1.85. The predicted octanol–water partition coefficient (Wildman–Crippen LogP) is 1.09. The standard InChI is InChI=1S/C9H9N5/c1-10-14-8-4-6-2-3-11-9(6)13-7(8)5-12-14/h2-5,10,12H,1H3. The summed E-state index contributed by atoms with van der Waals surface area (Å²) < 4.78 is 0. The van der Waals surface area contributed by atoms with Crippen molar-refractivity contribution in [2.45, 2.75) is 0 Å². The summed E-state index contributed by atoms with van der Waals surface area (Å²) in [5.41, 5.74) is 5.73. The molecule has 0 spiro atoms. The second kappa shape index (κ2) is 2.47. The van der Waals surface area contributed by atoms with Gasteiger partial charge in [-0.25, -0.2) is 14.8 Å². The Bertz CT molecular complexity index is 591. The summed E-state index contributed by atoms with van der Waals surface area (Å²) in [6.45, 7) is 0. The number of hydrogen-bond acceptors (Lipinski definition) is 3. The Balaban J connectivity index is 2.47. The number of rotatable bonds is 1. The first-order valence-corrected chi connectivity index (χ1v) is 4.38. The van der Waals surface area contributed by atoms with Gasteiger partial charge in [0.1, 0.15) is 11.0 Å². The minimum atomic E-state index is 0.791. The highest BCUT2D eigenvalue weighted by Crippen LogP contribution is 2.17. The summed E-state index contributed by atoms with van der Waals surface area (Å²) in [5, 5.41) is 4.10. The van der Waals surface area contributed by atoms with Crippen LogP contribution in [-0.4, -0.2) is 26.9 Å². The average molecular weight is 187 g/mol. The van der Waals surface area contributed by atoms with Gasteiger partial charge >= 0.3 is 0 Å². The highest BCUT2D eigenvalue weighted by Gasteiger charge is 2.04. The van der Waals surface area contributed by atoms with Crippen molar-refractivity contribution in [3.63, 3.8) is 0 Å². The molecule has 70 valence electrons. The van der Waals surface area contributed by atoms with Crippen molar-refractivity contribution in [2.24, 2.45) is 0 Å². The van der Waals surface area contributed by atoms with E-state index in [9.17, 15) is 0 Å². The maximum atomic E-state index is 4.40. The normalized spacial score (nSPS) is 11.2. The second-order valence-electron chi connectivity index (χ2n) is 3.08. The van der Waals surface area contributed by atoms with E-state index in [2.05, 4.69) is 26.6 Å². The number of nitrogens with one attached hydrogen (secondary N) is 2. The minimum absolute atomic E-state index is 0.791. The zero-order valence-electron chi connectivity index (χ0n) is 7.65. The van der Waals surface area contributed by atoms with E-state index in [1.807, 2.05) is 24.1 Å². The fourth-order valence-corrected chi connectivity index (χ4v) is 1.60. The second-order valence-corrected chi connectivity index (χ2v) is 3.08. The van der Waals surface area contributed by atoms with Crippen molar-refractivity contribution in [1.82, 2.24) is 19.9 Å². The number of hydrogen-bond donors (Lipinski definition) is 2. The Morgan fingerprint density at radius 3 is 3.29 bits per heavy atom. The molecule has 3 aromatic heterocycles. The number of aromatic amines is 1. The van der Waals surface area contributed by atoms with Crippen LogP contribution in [0.3, 0.4) is 0 Å². The Morgan fingerprint density at radius 1 is 1.50 bits per heavy atom. The van der Waals surface area contributed by atoms with Gasteiger partial charge in [-0.3, -0.25) is 5.10 Å². The van der Waals surface area contributed by atoms with E-state index >= 15 is 0 Å². The van der Waals surface area contributed by atoms with Crippen molar-refractivity contribution in [3.8, 4) is 0 Å². The molecule has 0 bridgehead atoms. The van der Waals surface area contributed by atoms with Crippen LogP contribution in [0.5, 0.6) is 0 Å². The van der Waals surface area contributed by atoms with Gasteiger partial charge in [-0.1, -0.05) is 0 Å². The van der Waals surface area contributed by atoms with Crippen molar-refractivity contribution in [3.05, 3.63) is 24.5 Å². The molecule has 0 fully saturated rings. The highest BCUT2D eigenvalue weighted by atomic mass is 15.5. The van der Waals surface area contributed by atoms with E-state index in [1.54, 1.807) is 6.20 Å². The lowest BCUT2D eigenvalue weighted by atomic mass is 10.3. The van der Waals surface area contributed by atoms with Crippen molar-refractivity contribution in [1.29, 1.82) is 0 Å². The molecule has 0 aliphatic carbocycles. The van der Waals surface area contributed by atoms with Crippen LogP contribution < -0.4 is 5.43 Å². The molecule has 0 aromatic carbocycles. The third kappa shape index (κ3) is 0.834. The molecule has 0 amide bonds. The molecule has 2 N–H and O–H groups in total. The number of H-pyrrole nitrogens is 1. The molecule has 0 saturated carbocycles. The molecule has 0 unspecified atom stereocenters. The summed E-state index contributed by atoms with van der Waals surface area (Å²) in [4.78, 5) is 10.4. The van der Waals surface area contributed by atoms with E-state index in [-0.39, 0.29) is 0 Å². The quantitative estimate of drug-likeness (QED) is 0.599. The van der Waals surface area contributed by atoms with Gasteiger partial charge in [-0.15, -0.1) is 0 Å². The molecule has 5 nitrogen and oxygen atoms in total. The van der Waals surface area contributed by atoms with Crippen molar-refractivity contribution < 1.29 is 0 Å². The molecule has 3 aromatic rings. The van der Waals surface area contributed by atoms with E-state index in [0.717, 1.165) is 22.1 Å². The van der Waals surface area contributed by atoms with Crippen LogP contribution >= 0.6 is 0 Å². The van der Waals surface area contributed by atoms with Crippen LogP contribution in [0, 0.1) is 0 Å². The topological polar surface area (TPSA) is 58.5 Å². The molecular formula is C9H9N5. The van der Waals surface area contributed by atoms with Gasteiger partial charge in [0.15, 0.2) is 5.65 Å². The lowest BCUT2D eigenvalue weighted by molar-refractivity contribution is 0.811. The molecule has 0 radical (unpaired) electrons. The first kappa shape index (κ1) is 7.37. The van der Waals surface area contributed by atoms with Gasteiger partial charge in [0, 0.05) is 24.8 Å². The first-order chi connectivity index (χ1) is 6.88. The molecule has 0 atom stereocenters. The van der Waals surface area contributed by atoms with Crippen LogP contribution in [-0.2, 0) is 0 Å². The highest BCUT2D eigenvalue weighted by molar-refractivity contribution is 5.89. The average Bonchev–Trinajstić information content (AvgIpc) is 2.78. The van der Waals surface area contributed by atoms with Crippen LogP contribution in [0.25, 0.3) is 22.1 Å². The van der Waals surface area contributed by atoms with Crippen molar-refractivity contribution >= 4 is 22.1 Å². The number of nitrogens with zero attached hydrogens (tertiary/aromatic N) is 3. The zero-order chi connectivity index (χ0) is 9.54. The third-order valence-electron chi connectivity index (χ3n) is 2.28. The van der Waals surface area contributed by atoms with Crippen LogP contribution in [0.1, 0.15) is 0 Å². The molecule has 3 heterocycles. The van der Waals surface area contributed by atoms with Gasteiger partial charge in [-0.2, -0.15) is 0 Å². The van der Waals surface area contributed by atoms with Crippen LogP contribution in [0.15, 0.2) is 24.5 Å². The molecular weight excluding hydrogens is 178 g/mol. The van der Waals surface area contributed by atoms with Gasteiger partial charge in [0.05, 0.1) is 0 Å². The lowest BCUT2D eigenvalue weighted by Crippen LogP contribution is -2.09. The summed E-state index contributed by atoms with van der Waals surface area (Å²) >= 11 is 0.